The number of hydrogen-bond acceptors (Lipinski definition) is 1. The number of aliphatic carboxylic acids is 1. The summed E-state index contributed by atoms with van der Waals surface area (Å²) in [6.45, 7) is 6.06. The molecular weight excluding hydrogens is 250 g/mol. The topological polar surface area (TPSA) is 42.2 Å². The standard InChI is InChI=1S/C14H16ClNO2/c1-8(2)16-7-10(5-14(17)18)11-4-9(3)12(15)6-13(11)16/h4,6-8H,5H2,1-3H3,(H,17,18). The summed E-state index contributed by atoms with van der Waals surface area (Å²) in [6.07, 6.45) is 1.95. The molecule has 2 aromatic rings. The Balaban J connectivity index is 2.72. The summed E-state index contributed by atoms with van der Waals surface area (Å²) in [5.74, 6) is -0.814. The Hall–Kier alpha value is -1.48. The van der Waals surface area contributed by atoms with Crippen molar-refractivity contribution in [3.05, 3.63) is 34.5 Å². The van der Waals surface area contributed by atoms with E-state index in [0.29, 0.717) is 5.02 Å². The van der Waals surface area contributed by atoms with Gasteiger partial charge in [-0.3, -0.25) is 4.79 Å². The van der Waals surface area contributed by atoms with Crippen molar-refractivity contribution in [1.29, 1.82) is 0 Å². The number of carboxylic acids is 1. The molecule has 0 amide bonds. The molecule has 0 bridgehead atoms. The van der Waals surface area contributed by atoms with Crippen LogP contribution in [0.5, 0.6) is 0 Å². The highest BCUT2D eigenvalue weighted by Gasteiger charge is 2.14. The lowest BCUT2D eigenvalue weighted by molar-refractivity contribution is -0.136. The Bertz CT molecular complexity index is 614. The van der Waals surface area contributed by atoms with E-state index in [4.69, 9.17) is 16.7 Å². The smallest absolute Gasteiger partial charge is 0.307 e. The summed E-state index contributed by atoms with van der Waals surface area (Å²) >= 11 is 6.15. The lowest BCUT2D eigenvalue weighted by atomic mass is 10.1. The zero-order valence-electron chi connectivity index (χ0n) is 10.7. The average molecular weight is 266 g/mol. The van der Waals surface area contributed by atoms with Gasteiger partial charge in [0.25, 0.3) is 0 Å². The first kappa shape index (κ1) is 13.0. The summed E-state index contributed by atoms with van der Waals surface area (Å²) in [5, 5.41) is 10.7. The highest BCUT2D eigenvalue weighted by Crippen LogP contribution is 2.30. The van der Waals surface area contributed by atoms with Gasteiger partial charge in [-0.2, -0.15) is 0 Å². The fourth-order valence-electron chi connectivity index (χ4n) is 2.18. The molecule has 0 aliphatic carbocycles. The maximum absolute atomic E-state index is 10.9. The predicted molar refractivity (Wildman–Crippen MR) is 73.4 cm³/mol. The van der Waals surface area contributed by atoms with E-state index in [9.17, 15) is 4.79 Å². The Morgan fingerprint density at radius 2 is 2.11 bits per heavy atom. The number of rotatable bonds is 3. The minimum absolute atomic E-state index is 0.0390. The summed E-state index contributed by atoms with van der Waals surface area (Å²) < 4.78 is 2.07. The highest BCUT2D eigenvalue weighted by molar-refractivity contribution is 6.32. The molecule has 0 unspecified atom stereocenters. The van der Waals surface area contributed by atoms with E-state index in [1.54, 1.807) is 0 Å². The highest BCUT2D eigenvalue weighted by atomic mass is 35.5. The predicted octanol–water partition coefficient (Wildman–Crippen LogP) is 3.81. The quantitative estimate of drug-likeness (QED) is 0.917. The Kier molecular flexibility index (Phi) is 3.35. The van der Waals surface area contributed by atoms with Gasteiger partial charge >= 0.3 is 5.97 Å². The minimum atomic E-state index is -0.814. The first-order chi connectivity index (χ1) is 8.40. The van der Waals surface area contributed by atoms with Crippen LogP contribution < -0.4 is 0 Å². The van der Waals surface area contributed by atoms with Crippen LogP contribution in [0.2, 0.25) is 5.02 Å². The molecule has 0 radical (unpaired) electrons. The molecule has 4 heteroatoms. The second-order valence-corrected chi connectivity index (χ2v) is 5.25. The summed E-state index contributed by atoms with van der Waals surface area (Å²) in [6, 6.07) is 4.15. The van der Waals surface area contributed by atoms with Gasteiger partial charge in [0.05, 0.1) is 11.9 Å². The molecule has 0 saturated heterocycles. The number of aromatic nitrogens is 1. The summed E-state index contributed by atoms with van der Waals surface area (Å²) in [5.41, 5.74) is 2.81. The van der Waals surface area contributed by atoms with E-state index in [-0.39, 0.29) is 12.5 Å². The van der Waals surface area contributed by atoms with Gasteiger partial charge in [0.15, 0.2) is 0 Å². The Labute approximate surface area is 111 Å². The van der Waals surface area contributed by atoms with Crippen LogP contribution in [0, 0.1) is 6.92 Å². The van der Waals surface area contributed by atoms with Gasteiger partial charge in [0.2, 0.25) is 0 Å². The lowest BCUT2D eigenvalue weighted by Gasteiger charge is -2.09. The van der Waals surface area contributed by atoms with Crippen LogP contribution in [0.4, 0.5) is 0 Å². The molecule has 1 aromatic carbocycles. The second-order valence-electron chi connectivity index (χ2n) is 4.84. The van der Waals surface area contributed by atoms with E-state index < -0.39 is 5.97 Å². The van der Waals surface area contributed by atoms with Crippen LogP contribution in [0.15, 0.2) is 18.3 Å². The third-order valence-corrected chi connectivity index (χ3v) is 3.50. The maximum atomic E-state index is 10.9. The number of nitrogens with zero attached hydrogens (tertiary/aromatic N) is 1. The van der Waals surface area contributed by atoms with Crippen molar-refractivity contribution in [2.24, 2.45) is 0 Å². The van der Waals surface area contributed by atoms with E-state index in [0.717, 1.165) is 22.0 Å². The fourth-order valence-corrected chi connectivity index (χ4v) is 2.34. The van der Waals surface area contributed by atoms with Crippen LogP contribution in [0.3, 0.4) is 0 Å². The maximum Gasteiger partial charge on any atom is 0.307 e. The molecule has 0 atom stereocenters. The molecule has 18 heavy (non-hydrogen) atoms. The molecule has 0 spiro atoms. The van der Waals surface area contributed by atoms with Crippen LogP contribution in [0.1, 0.15) is 31.0 Å². The van der Waals surface area contributed by atoms with Crippen molar-refractivity contribution in [3.63, 3.8) is 0 Å². The van der Waals surface area contributed by atoms with Crippen molar-refractivity contribution in [2.75, 3.05) is 0 Å². The van der Waals surface area contributed by atoms with Crippen LogP contribution in [0.25, 0.3) is 10.9 Å². The van der Waals surface area contributed by atoms with Gasteiger partial charge in [-0.25, -0.2) is 0 Å². The van der Waals surface area contributed by atoms with Crippen LogP contribution in [-0.2, 0) is 11.2 Å². The molecule has 1 N–H and O–H groups in total. The van der Waals surface area contributed by atoms with E-state index >= 15 is 0 Å². The number of carbonyl (C=O) groups is 1. The minimum Gasteiger partial charge on any atom is -0.481 e. The van der Waals surface area contributed by atoms with Crippen molar-refractivity contribution >= 4 is 28.5 Å². The van der Waals surface area contributed by atoms with Gasteiger partial charge in [0.1, 0.15) is 0 Å². The molecule has 96 valence electrons. The molecule has 1 aromatic heterocycles. The van der Waals surface area contributed by atoms with Crippen molar-refractivity contribution in [1.82, 2.24) is 4.57 Å². The molecule has 3 nitrogen and oxygen atoms in total. The first-order valence-corrected chi connectivity index (χ1v) is 6.29. The normalized spacial score (nSPS) is 11.4. The van der Waals surface area contributed by atoms with Gasteiger partial charge in [-0.05, 0) is 44.0 Å². The van der Waals surface area contributed by atoms with Crippen molar-refractivity contribution < 1.29 is 9.90 Å². The van der Waals surface area contributed by atoms with Gasteiger partial charge < -0.3 is 9.67 Å². The number of halogens is 1. The Morgan fingerprint density at radius 3 is 2.67 bits per heavy atom. The first-order valence-electron chi connectivity index (χ1n) is 5.91. The number of hydrogen-bond donors (Lipinski definition) is 1. The monoisotopic (exact) mass is 265 g/mol. The summed E-state index contributed by atoms with van der Waals surface area (Å²) in [7, 11) is 0. The van der Waals surface area contributed by atoms with Gasteiger partial charge in [-0.15, -0.1) is 0 Å². The van der Waals surface area contributed by atoms with Crippen LogP contribution >= 0.6 is 11.6 Å². The molecule has 0 aliphatic rings. The molecule has 0 fully saturated rings. The zero-order chi connectivity index (χ0) is 13.4. The molecular formula is C14H16ClNO2. The third-order valence-electron chi connectivity index (χ3n) is 3.09. The van der Waals surface area contributed by atoms with Gasteiger partial charge in [-0.1, -0.05) is 11.6 Å². The third kappa shape index (κ3) is 2.23. The summed E-state index contributed by atoms with van der Waals surface area (Å²) in [4.78, 5) is 10.9. The van der Waals surface area contributed by atoms with E-state index in [2.05, 4.69) is 18.4 Å². The molecule has 0 aliphatic heterocycles. The van der Waals surface area contributed by atoms with E-state index in [1.807, 2.05) is 25.3 Å². The van der Waals surface area contributed by atoms with Gasteiger partial charge in [0, 0.05) is 22.6 Å². The van der Waals surface area contributed by atoms with Crippen LogP contribution in [-0.4, -0.2) is 15.6 Å². The number of carboxylic acid groups (broad SMARTS) is 1. The fraction of sp³-hybridized carbons (Fsp3) is 0.357. The van der Waals surface area contributed by atoms with E-state index in [1.165, 1.54) is 0 Å². The number of benzene rings is 1. The molecule has 2 rings (SSSR count). The lowest BCUT2D eigenvalue weighted by Crippen LogP contribution is -2.00. The average Bonchev–Trinajstić information content (AvgIpc) is 2.57. The SMILES string of the molecule is Cc1cc2c(CC(=O)O)cn(C(C)C)c2cc1Cl. The molecule has 0 saturated carbocycles. The van der Waals surface area contributed by atoms with Crippen molar-refractivity contribution in [2.45, 2.75) is 33.2 Å². The zero-order valence-corrected chi connectivity index (χ0v) is 11.5. The number of fused-ring (bicyclic) bond motifs is 1. The largest absolute Gasteiger partial charge is 0.481 e. The number of aryl methyl sites for hydroxylation is 1. The molecule has 1 heterocycles. The second kappa shape index (κ2) is 4.65. The Morgan fingerprint density at radius 1 is 1.44 bits per heavy atom. The van der Waals surface area contributed by atoms with Crippen molar-refractivity contribution in [3.8, 4) is 0 Å².